The molecule has 2 aromatic rings. The summed E-state index contributed by atoms with van der Waals surface area (Å²) in [5.74, 6) is -0.194. The fraction of sp³-hybridized carbons (Fsp3) is 0.333. The van der Waals surface area contributed by atoms with Crippen LogP contribution in [0.3, 0.4) is 0 Å². The first kappa shape index (κ1) is 20.9. The number of fused-ring (bicyclic) bond motifs is 3. The Hall–Kier alpha value is -2.36. The van der Waals surface area contributed by atoms with Crippen LogP contribution in [0, 0.1) is 0 Å². The van der Waals surface area contributed by atoms with Gasteiger partial charge in [-0.05, 0) is 60.7 Å². The molecule has 9 heteroatoms. The van der Waals surface area contributed by atoms with Gasteiger partial charge in [0.15, 0.2) is 5.17 Å². The summed E-state index contributed by atoms with van der Waals surface area (Å²) < 4.78 is 27.4. The summed E-state index contributed by atoms with van der Waals surface area (Å²) >= 11 is 1.29. The van der Waals surface area contributed by atoms with Crippen LogP contribution in [0.2, 0.25) is 0 Å². The normalized spacial score (nSPS) is 16.8. The summed E-state index contributed by atoms with van der Waals surface area (Å²) in [6.07, 6.45) is 0. The maximum Gasteiger partial charge on any atom is 0.257 e. The molecule has 158 valence electrons. The molecule has 4 rings (SSSR count). The van der Waals surface area contributed by atoms with Gasteiger partial charge < -0.3 is 10.2 Å². The molecule has 0 aromatic heterocycles. The number of sulfonamides is 1. The van der Waals surface area contributed by atoms with E-state index in [0.29, 0.717) is 17.3 Å². The van der Waals surface area contributed by atoms with Gasteiger partial charge in [-0.3, -0.25) is 9.69 Å². The third-order valence-electron chi connectivity index (χ3n) is 5.22. The Morgan fingerprint density at radius 1 is 1.20 bits per heavy atom. The molecular weight excluding hydrogens is 420 g/mol. The molecule has 0 unspecified atom stereocenters. The highest BCUT2D eigenvalue weighted by molar-refractivity contribution is 8.15. The van der Waals surface area contributed by atoms with Gasteiger partial charge in [0, 0.05) is 29.2 Å². The molecular formula is C21H24N4O3S2. The van der Waals surface area contributed by atoms with Crippen LogP contribution >= 0.6 is 11.8 Å². The Labute approximate surface area is 181 Å². The van der Waals surface area contributed by atoms with Crippen molar-refractivity contribution in [1.82, 2.24) is 4.90 Å². The number of carbonyl (C=O) groups is 1. The summed E-state index contributed by atoms with van der Waals surface area (Å²) in [6, 6.07) is 13.3. The highest BCUT2D eigenvalue weighted by atomic mass is 32.2. The monoisotopic (exact) mass is 444 g/mol. The summed E-state index contributed by atoms with van der Waals surface area (Å²) in [6.45, 7) is 7.44. The van der Waals surface area contributed by atoms with E-state index < -0.39 is 10.0 Å². The minimum Gasteiger partial charge on any atom is -0.322 e. The molecule has 30 heavy (non-hydrogen) atoms. The van der Waals surface area contributed by atoms with E-state index in [4.69, 9.17) is 0 Å². The summed E-state index contributed by atoms with van der Waals surface area (Å²) in [5, 5.41) is 3.42. The predicted octanol–water partition coefficient (Wildman–Crippen LogP) is 3.39. The van der Waals surface area contributed by atoms with Crippen LogP contribution in [0.5, 0.6) is 0 Å². The van der Waals surface area contributed by atoms with E-state index in [1.54, 1.807) is 12.1 Å². The molecule has 2 heterocycles. The van der Waals surface area contributed by atoms with Crippen LogP contribution in [-0.2, 0) is 16.6 Å². The van der Waals surface area contributed by atoms with Crippen LogP contribution in [0.4, 0.5) is 11.4 Å². The van der Waals surface area contributed by atoms with Crippen molar-refractivity contribution in [3.63, 3.8) is 0 Å². The molecule has 0 aliphatic carbocycles. The van der Waals surface area contributed by atoms with Crippen molar-refractivity contribution in [3.05, 3.63) is 53.6 Å². The molecule has 0 saturated heterocycles. The van der Waals surface area contributed by atoms with Crippen molar-refractivity contribution in [2.45, 2.75) is 25.3 Å². The lowest BCUT2D eigenvalue weighted by molar-refractivity contribution is 0.102. The number of anilines is 2. The smallest absolute Gasteiger partial charge is 0.257 e. The summed E-state index contributed by atoms with van der Waals surface area (Å²) in [5.41, 5.74) is 3.33. The third-order valence-corrected chi connectivity index (χ3v) is 7.53. The second-order valence-electron chi connectivity index (χ2n) is 7.21. The number of thioether (sulfide) groups is 1. The van der Waals surface area contributed by atoms with Crippen LogP contribution in [0.25, 0.3) is 0 Å². The second-order valence-corrected chi connectivity index (χ2v) is 9.98. The first-order chi connectivity index (χ1) is 14.4. The molecule has 2 aromatic carbocycles. The zero-order valence-electron chi connectivity index (χ0n) is 17.0. The van der Waals surface area contributed by atoms with E-state index in [-0.39, 0.29) is 11.7 Å². The number of carbonyl (C=O) groups excluding carboxylic acids is 1. The number of amides is 1. The largest absolute Gasteiger partial charge is 0.322 e. The molecule has 0 fully saturated rings. The van der Waals surface area contributed by atoms with Gasteiger partial charge in [0.05, 0.1) is 11.4 Å². The maximum atomic E-state index is 12.8. The van der Waals surface area contributed by atoms with Crippen molar-refractivity contribution in [3.8, 4) is 0 Å². The SMILES string of the molecule is CCN(CC)Cc1cccc(NC(=O)c2ccc3c(c2)SC2=NS(=O)(=O)CCN23)c1. The summed E-state index contributed by atoms with van der Waals surface area (Å²) in [4.78, 5) is 17.9. The van der Waals surface area contributed by atoms with Crippen LogP contribution < -0.4 is 10.2 Å². The highest BCUT2D eigenvalue weighted by Crippen LogP contribution is 2.42. The molecule has 2 aliphatic rings. The van der Waals surface area contributed by atoms with Crippen molar-refractivity contribution < 1.29 is 13.2 Å². The molecule has 0 saturated carbocycles. The molecule has 2 aliphatic heterocycles. The number of rotatable bonds is 6. The van der Waals surface area contributed by atoms with E-state index in [2.05, 4.69) is 34.5 Å². The van der Waals surface area contributed by atoms with E-state index in [0.717, 1.165) is 41.5 Å². The van der Waals surface area contributed by atoms with Gasteiger partial charge in [-0.2, -0.15) is 0 Å². The highest BCUT2D eigenvalue weighted by Gasteiger charge is 2.33. The lowest BCUT2D eigenvalue weighted by Crippen LogP contribution is -2.35. The average molecular weight is 445 g/mol. The standard InChI is InChI=1S/C21H24N4O3S2/c1-3-24(4-2)14-15-6-5-7-17(12-15)22-20(26)16-8-9-18-19(13-16)29-21-23-30(27,28)11-10-25(18)21/h5-9,12-13H,3-4,10-11,14H2,1-2H3,(H,22,26). The molecule has 0 spiro atoms. The Morgan fingerprint density at radius 2 is 2.00 bits per heavy atom. The van der Waals surface area contributed by atoms with Crippen molar-refractivity contribution in [1.29, 1.82) is 0 Å². The number of nitrogens with zero attached hydrogens (tertiary/aromatic N) is 3. The van der Waals surface area contributed by atoms with Gasteiger partial charge in [0.25, 0.3) is 15.9 Å². The molecule has 1 amide bonds. The van der Waals surface area contributed by atoms with Gasteiger partial charge in [0.1, 0.15) is 0 Å². The van der Waals surface area contributed by atoms with E-state index in [1.807, 2.05) is 29.2 Å². The lowest BCUT2D eigenvalue weighted by Gasteiger charge is -2.22. The Balaban J connectivity index is 1.50. The number of hydrogen-bond acceptors (Lipinski definition) is 6. The minimum absolute atomic E-state index is 0.00255. The topological polar surface area (TPSA) is 82.1 Å². The first-order valence-electron chi connectivity index (χ1n) is 9.93. The van der Waals surface area contributed by atoms with Crippen molar-refractivity contribution >= 4 is 44.2 Å². The molecule has 7 nitrogen and oxygen atoms in total. The number of nitrogens with one attached hydrogen (secondary N) is 1. The van der Waals surface area contributed by atoms with Gasteiger partial charge >= 0.3 is 0 Å². The zero-order valence-corrected chi connectivity index (χ0v) is 18.6. The van der Waals surface area contributed by atoms with Crippen molar-refractivity contribution in [2.24, 2.45) is 4.40 Å². The number of hydrogen-bond donors (Lipinski definition) is 1. The first-order valence-corrected chi connectivity index (χ1v) is 12.4. The third kappa shape index (κ3) is 4.38. The van der Waals surface area contributed by atoms with E-state index in [9.17, 15) is 13.2 Å². The fourth-order valence-electron chi connectivity index (χ4n) is 3.53. The van der Waals surface area contributed by atoms with Gasteiger partial charge in [-0.15, -0.1) is 4.40 Å². The predicted molar refractivity (Wildman–Crippen MR) is 122 cm³/mol. The van der Waals surface area contributed by atoms with Gasteiger partial charge in [-0.25, -0.2) is 8.42 Å². The average Bonchev–Trinajstić information content (AvgIpc) is 3.07. The number of benzene rings is 2. The molecule has 0 atom stereocenters. The fourth-order valence-corrected chi connectivity index (χ4v) is 5.82. The van der Waals surface area contributed by atoms with Crippen LogP contribution in [0.15, 0.2) is 51.8 Å². The molecule has 1 N–H and O–H groups in total. The number of amidine groups is 1. The van der Waals surface area contributed by atoms with Gasteiger partial charge in [-0.1, -0.05) is 26.0 Å². The van der Waals surface area contributed by atoms with Crippen LogP contribution in [0.1, 0.15) is 29.8 Å². The zero-order chi connectivity index (χ0) is 21.3. The van der Waals surface area contributed by atoms with E-state index >= 15 is 0 Å². The lowest BCUT2D eigenvalue weighted by atomic mass is 10.1. The molecule has 0 radical (unpaired) electrons. The van der Waals surface area contributed by atoms with E-state index in [1.165, 1.54) is 11.8 Å². The Morgan fingerprint density at radius 3 is 2.77 bits per heavy atom. The van der Waals surface area contributed by atoms with Crippen molar-refractivity contribution in [2.75, 3.05) is 35.6 Å². The minimum atomic E-state index is -3.40. The second kappa shape index (κ2) is 8.41. The maximum absolute atomic E-state index is 12.8. The quantitative estimate of drug-likeness (QED) is 0.736. The molecule has 0 bridgehead atoms. The Kier molecular flexibility index (Phi) is 5.86. The Bertz CT molecular complexity index is 1110. The summed E-state index contributed by atoms with van der Waals surface area (Å²) in [7, 11) is -3.40. The van der Waals surface area contributed by atoms with Crippen LogP contribution in [-0.4, -0.2) is 49.8 Å². The van der Waals surface area contributed by atoms with Gasteiger partial charge in [0.2, 0.25) is 0 Å².